The first-order valence-corrected chi connectivity index (χ1v) is 28.9. The van der Waals surface area contributed by atoms with Crippen molar-refractivity contribution in [3.8, 4) is 0 Å². The molecule has 0 bridgehead atoms. The lowest BCUT2D eigenvalue weighted by atomic mass is 9.97. The number of amides is 3. The van der Waals surface area contributed by atoms with E-state index in [0.29, 0.717) is 55.5 Å². The maximum Gasteiger partial charge on any atom is 0.315 e. The molecular formula is C61H89N5O5S. The van der Waals surface area contributed by atoms with Crippen LogP contribution in [0.15, 0.2) is 60.7 Å². The quantitative estimate of drug-likeness (QED) is 0.0255. The van der Waals surface area contributed by atoms with Gasteiger partial charge in [0.1, 0.15) is 11.6 Å². The Kier molecular flexibility index (Phi) is 26.6. The lowest BCUT2D eigenvalue weighted by molar-refractivity contribution is -0.121. The molecule has 0 saturated carbocycles. The van der Waals surface area contributed by atoms with E-state index in [2.05, 4.69) is 138 Å². The maximum atomic E-state index is 12.6. The van der Waals surface area contributed by atoms with Crippen LogP contribution in [0.2, 0.25) is 0 Å². The summed E-state index contributed by atoms with van der Waals surface area (Å²) < 4.78 is 0. The van der Waals surface area contributed by atoms with Gasteiger partial charge in [0, 0.05) is 87.2 Å². The second kappa shape index (κ2) is 33.0. The van der Waals surface area contributed by atoms with Crippen molar-refractivity contribution in [3.63, 3.8) is 0 Å². The summed E-state index contributed by atoms with van der Waals surface area (Å²) in [6, 6.07) is 22.2. The minimum Gasteiger partial charge on any atom is -0.392 e. The third kappa shape index (κ3) is 20.6. The third-order valence-corrected chi connectivity index (χ3v) is 15.9. The van der Waals surface area contributed by atoms with Crippen molar-refractivity contribution >= 4 is 70.9 Å². The van der Waals surface area contributed by atoms with Gasteiger partial charge in [-0.05, 0) is 142 Å². The van der Waals surface area contributed by atoms with E-state index >= 15 is 0 Å². The molecule has 3 amide bonds. The third-order valence-electron chi connectivity index (χ3n) is 14.4. The number of anilines is 2. The fourth-order valence-electron chi connectivity index (χ4n) is 9.86. The van der Waals surface area contributed by atoms with Crippen molar-refractivity contribution in [2.45, 2.75) is 186 Å². The summed E-state index contributed by atoms with van der Waals surface area (Å²) in [7, 11) is 0. The number of aryl methyl sites for hydroxylation is 1. The van der Waals surface area contributed by atoms with Gasteiger partial charge in [-0.25, -0.2) is 4.79 Å². The van der Waals surface area contributed by atoms with Gasteiger partial charge in [0.15, 0.2) is 0 Å². The van der Waals surface area contributed by atoms with Gasteiger partial charge >= 0.3 is 6.03 Å². The Balaban J connectivity index is 0.883. The molecule has 10 nitrogen and oxygen atoms in total. The van der Waals surface area contributed by atoms with E-state index in [1.165, 1.54) is 37.1 Å². The summed E-state index contributed by atoms with van der Waals surface area (Å²) >= 11 is 1.92. The van der Waals surface area contributed by atoms with Crippen molar-refractivity contribution in [2.75, 3.05) is 48.3 Å². The van der Waals surface area contributed by atoms with E-state index in [-0.39, 0.29) is 30.6 Å². The lowest BCUT2D eigenvalue weighted by Gasteiger charge is -2.24. The predicted octanol–water partition coefficient (Wildman–Crippen LogP) is 13.1. The van der Waals surface area contributed by atoms with Gasteiger partial charge in [-0.1, -0.05) is 107 Å². The molecule has 72 heavy (non-hydrogen) atoms. The van der Waals surface area contributed by atoms with Crippen LogP contribution in [0.1, 0.15) is 189 Å². The van der Waals surface area contributed by atoms with Gasteiger partial charge in [0.05, 0.1) is 18.7 Å². The molecule has 3 aromatic rings. The molecule has 3 atom stereocenters. The number of carbonyl (C=O) groups excluding carboxylic acids is 4. The number of aliphatic hydroxyl groups excluding tert-OH is 1. The molecule has 0 aliphatic carbocycles. The first-order valence-electron chi connectivity index (χ1n) is 27.9. The molecule has 5 rings (SSSR count). The van der Waals surface area contributed by atoms with Crippen LogP contribution in [0.4, 0.5) is 16.2 Å². The topological polar surface area (TPSA) is 131 Å². The summed E-state index contributed by atoms with van der Waals surface area (Å²) in [5.41, 5.74) is 8.92. The number of hydrogen-bond acceptors (Lipinski definition) is 8. The number of nitrogens with zero attached hydrogens (tertiary/aromatic N) is 2. The standard InChI is InChI=1S/C61H89N5O5S/c1-5-8-40-66(41-9-6-2)54-37-31-49(32-38-54)28-34-51-43-47(4)50(44-52(51)45-67)33-27-48-29-35-53(36-30-48)65(7-3)42-20-18-24-56(69)22-14-12-19-39-62-59(70)26-15-11-10-13-21-55(68)23-16-17-25-58-60-57(46-72-58)63-61(71)64-60/h27-38,43-44,57-58,60,67H,5-26,39-42,45-46H2,1-4H3,(H,62,70)(H2,63,64,71)/b33-27+,34-28+/t57-,58-,60-/m0/s1. The fraction of sp³-hybridized carbons (Fsp3) is 0.574. The Morgan fingerprint density at radius 2 is 1.18 bits per heavy atom. The first kappa shape index (κ1) is 58.0. The number of unbranched alkanes of at least 4 members (excludes halogenated alkanes) is 9. The van der Waals surface area contributed by atoms with Crippen LogP contribution in [0.3, 0.4) is 0 Å². The molecule has 3 aromatic carbocycles. The normalized spacial score (nSPS) is 16.3. The molecule has 0 aromatic heterocycles. The number of Topliss-reactive ketones (excluding diaryl/α,β-unsaturated/α-hetero) is 2. The molecule has 2 aliphatic rings. The van der Waals surface area contributed by atoms with E-state index in [0.717, 1.165) is 142 Å². The number of carbonyl (C=O) groups is 4. The van der Waals surface area contributed by atoms with Crippen molar-refractivity contribution in [1.82, 2.24) is 16.0 Å². The number of thioether (sulfide) groups is 1. The number of ketones is 2. The van der Waals surface area contributed by atoms with Gasteiger partial charge < -0.3 is 30.9 Å². The Bertz CT molecular complexity index is 2150. The second-order valence-corrected chi connectivity index (χ2v) is 21.4. The molecule has 0 spiro atoms. The molecule has 0 unspecified atom stereocenters. The Morgan fingerprint density at radius 1 is 0.639 bits per heavy atom. The average Bonchev–Trinajstić information content (AvgIpc) is 3.95. The van der Waals surface area contributed by atoms with E-state index in [1.807, 2.05) is 11.8 Å². The van der Waals surface area contributed by atoms with Crippen LogP contribution in [0, 0.1) is 6.92 Å². The summed E-state index contributed by atoms with van der Waals surface area (Å²) in [6.45, 7) is 13.4. The highest BCUT2D eigenvalue weighted by Gasteiger charge is 2.42. The van der Waals surface area contributed by atoms with Crippen LogP contribution in [-0.2, 0) is 21.0 Å². The van der Waals surface area contributed by atoms with Crippen molar-refractivity contribution in [1.29, 1.82) is 0 Å². The molecule has 2 heterocycles. The number of rotatable bonds is 37. The zero-order valence-electron chi connectivity index (χ0n) is 44.5. The van der Waals surface area contributed by atoms with E-state index in [4.69, 9.17) is 0 Å². The van der Waals surface area contributed by atoms with Crippen molar-refractivity contribution in [3.05, 3.63) is 94.0 Å². The van der Waals surface area contributed by atoms with Crippen molar-refractivity contribution in [2.24, 2.45) is 0 Å². The van der Waals surface area contributed by atoms with Gasteiger partial charge in [0.2, 0.25) is 5.91 Å². The molecule has 2 saturated heterocycles. The monoisotopic (exact) mass is 1000 g/mol. The van der Waals surface area contributed by atoms with E-state index < -0.39 is 0 Å². The fourth-order valence-corrected chi connectivity index (χ4v) is 11.4. The zero-order chi connectivity index (χ0) is 51.3. The number of fused-ring (bicyclic) bond motifs is 1. The van der Waals surface area contributed by atoms with Crippen LogP contribution in [-0.4, -0.2) is 84.4 Å². The number of benzene rings is 3. The number of hydrogen-bond donors (Lipinski definition) is 4. The summed E-state index contributed by atoms with van der Waals surface area (Å²) in [4.78, 5) is 53.7. The van der Waals surface area contributed by atoms with Crippen LogP contribution in [0.25, 0.3) is 24.3 Å². The molecule has 2 fully saturated rings. The zero-order valence-corrected chi connectivity index (χ0v) is 45.3. The smallest absolute Gasteiger partial charge is 0.315 e. The minimum absolute atomic E-state index is 0.0236. The number of aliphatic hydroxyl groups is 1. The van der Waals surface area contributed by atoms with Gasteiger partial charge in [-0.2, -0.15) is 11.8 Å². The predicted molar refractivity (Wildman–Crippen MR) is 305 cm³/mol. The Morgan fingerprint density at radius 3 is 1.78 bits per heavy atom. The highest BCUT2D eigenvalue weighted by atomic mass is 32.2. The molecule has 4 N–H and O–H groups in total. The summed E-state index contributed by atoms with van der Waals surface area (Å²) in [6.07, 6.45) is 27.6. The minimum atomic E-state index is -0.0486. The highest BCUT2D eigenvalue weighted by Crippen LogP contribution is 2.33. The number of urea groups is 1. The van der Waals surface area contributed by atoms with Crippen molar-refractivity contribution < 1.29 is 24.3 Å². The molecule has 0 radical (unpaired) electrons. The highest BCUT2D eigenvalue weighted by molar-refractivity contribution is 8.00. The van der Waals surface area contributed by atoms with Gasteiger partial charge in [-0.3, -0.25) is 14.4 Å². The molecule has 11 heteroatoms. The molecule has 2 aliphatic heterocycles. The summed E-state index contributed by atoms with van der Waals surface area (Å²) in [5, 5.41) is 19.8. The summed E-state index contributed by atoms with van der Waals surface area (Å²) in [5.74, 6) is 1.73. The SMILES string of the molecule is CCCCN(CCCC)c1ccc(/C=C/c2cc(C)c(/C=C/c3ccc(N(CC)CCCCC(=O)CCCCCNC(=O)CCCCCCC(=O)CCCC[C@@H]4SC[C@@H]5NC(=O)N[C@@H]54)cc3)cc2CO)cc1. The van der Waals surface area contributed by atoms with Gasteiger partial charge in [0.25, 0.3) is 0 Å². The van der Waals surface area contributed by atoms with Gasteiger partial charge in [-0.15, -0.1) is 0 Å². The maximum absolute atomic E-state index is 12.6. The molecule has 394 valence electrons. The largest absolute Gasteiger partial charge is 0.392 e. The van der Waals surface area contributed by atoms with Crippen LogP contribution in [0.5, 0.6) is 0 Å². The Labute approximate surface area is 438 Å². The second-order valence-electron chi connectivity index (χ2n) is 20.2. The van der Waals surface area contributed by atoms with Crippen LogP contribution < -0.4 is 25.8 Å². The molecular weight excluding hydrogens is 915 g/mol. The lowest BCUT2D eigenvalue weighted by Crippen LogP contribution is -2.36. The van der Waals surface area contributed by atoms with E-state index in [9.17, 15) is 24.3 Å². The van der Waals surface area contributed by atoms with Crippen LogP contribution >= 0.6 is 11.8 Å². The van der Waals surface area contributed by atoms with E-state index in [1.54, 1.807) is 0 Å². The Hall–Kier alpha value is -4.87. The average molecular weight is 1000 g/mol. The number of nitrogens with one attached hydrogen (secondary N) is 3. The first-order chi connectivity index (χ1) is 35.1.